The van der Waals surface area contributed by atoms with E-state index in [-0.39, 0.29) is 11.7 Å². The third-order valence-electron chi connectivity index (χ3n) is 5.76. The summed E-state index contributed by atoms with van der Waals surface area (Å²) in [4.78, 5) is 16.8. The van der Waals surface area contributed by atoms with Crippen molar-refractivity contribution < 1.29 is 23.7 Å². The van der Waals surface area contributed by atoms with Crippen molar-refractivity contribution in [2.75, 3.05) is 59.2 Å². The fourth-order valence-corrected chi connectivity index (χ4v) is 4.20. The molecule has 4 heterocycles. The van der Waals surface area contributed by atoms with Gasteiger partial charge in [0, 0.05) is 64.8 Å². The Bertz CT molecular complexity index is 440. The summed E-state index contributed by atoms with van der Waals surface area (Å²) in [6.07, 6.45) is 3.98. The van der Waals surface area contributed by atoms with Crippen LogP contribution in [0.4, 0.5) is 0 Å². The summed E-state index contributed by atoms with van der Waals surface area (Å²) >= 11 is 0. The van der Waals surface area contributed by atoms with Crippen LogP contribution < -0.4 is 0 Å². The standard InChI is InChI=1S/C17H28N2O5/c20-15(19-9-4-17(5-10-19)23-13-14-24-17)1-6-18-7-2-16(3-8-18)21-11-12-22-16/h1-14H2. The number of amides is 1. The average Bonchev–Trinajstić information content (AvgIpc) is 3.25. The van der Waals surface area contributed by atoms with Crippen molar-refractivity contribution in [1.29, 1.82) is 0 Å². The summed E-state index contributed by atoms with van der Waals surface area (Å²) in [5.74, 6) is -0.487. The summed E-state index contributed by atoms with van der Waals surface area (Å²) in [6, 6.07) is 0. The average molecular weight is 340 g/mol. The Morgan fingerprint density at radius 3 is 1.71 bits per heavy atom. The zero-order valence-corrected chi connectivity index (χ0v) is 14.3. The molecular formula is C17H28N2O5. The van der Waals surface area contributed by atoms with Gasteiger partial charge in [-0.1, -0.05) is 0 Å². The molecule has 2 spiro atoms. The van der Waals surface area contributed by atoms with Gasteiger partial charge < -0.3 is 28.7 Å². The Labute approximate surface area is 143 Å². The molecule has 4 rings (SSSR count). The molecule has 0 aromatic rings. The number of likely N-dealkylation sites (tertiary alicyclic amines) is 2. The first-order valence-electron chi connectivity index (χ1n) is 9.25. The molecule has 7 heteroatoms. The van der Waals surface area contributed by atoms with Crippen LogP contribution in [0.25, 0.3) is 0 Å². The minimum atomic E-state index is -0.404. The molecule has 1 amide bonds. The Hall–Kier alpha value is -0.730. The van der Waals surface area contributed by atoms with Crippen molar-refractivity contribution in [3.8, 4) is 0 Å². The molecule has 7 nitrogen and oxygen atoms in total. The molecule has 4 saturated heterocycles. The first-order valence-corrected chi connectivity index (χ1v) is 9.25. The van der Waals surface area contributed by atoms with Crippen LogP contribution in [-0.2, 0) is 23.7 Å². The fourth-order valence-electron chi connectivity index (χ4n) is 4.20. The first-order chi connectivity index (χ1) is 11.7. The SMILES string of the molecule is O=C(CCN1CCC2(CC1)OCCO2)N1CCC2(CC1)OCCO2. The van der Waals surface area contributed by atoms with Crippen LogP contribution in [0.1, 0.15) is 32.1 Å². The van der Waals surface area contributed by atoms with E-state index in [1.165, 1.54) is 0 Å². The van der Waals surface area contributed by atoms with Crippen LogP contribution in [0.2, 0.25) is 0 Å². The molecule has 0 radical (unpaired) electrons. The molecule has 0 N–H and O–H groups in total. The van der Waals surface area contributed by atoms with Gasteiger partial charge in [0.15, 0.2) is 11.6 Å². The smallest absolute Gasteiger partial charge is 0.223 e. The van der Waals surface area contributed by atoms with Gasteiger partial charge in [0.2, 0.25) is 5.91 Å². The van der Waals surface area contributed by atoms with E-state index in [9.17, 15) is 4.79 Å². The normalized spacial score (nSPS) is 29.6. The number of rotatable bonds is 3. The van der Waals surface area contributed by atoms with Crippen LogP contribution in [-0.4, -0.2) is 86.4 Å². The van der Waals surface area contributed by atoms with E-state index in [2.05, 4.69) is 4.90 Å². The highest BCUT2D eigenvalue weighted by atomic mass is 16.7. The lowest BCUT2D eigenvalue weighted by atomic mass is 10.0. The van der Waals surface area contributed by atoms with E-state index in [0.29, 0.717) is 32.8 Å². The van der Waals surface area contributed by atoms with Crippen LogP contribution >= 0.6 is 0 Å². The van der Waals surface area contributed by atoms with Crippen LogP contribution in [0.15, 0.2) is 0 Å². The highest BCUT2D eigenvalue weighted by molar-refractivity contribution is 5.76. The zero-order chi connectivity index (χ0) is 16.5. The van der Waals surface area contributed by atoms with E-state index < -0.39 is 5.79 Å². The summed E-state index contributed by atoms with van der Waals surface area (Å²) < 4.78 is 22.9. The number of carbonyl (C=O) groups excluding carboxylic acids is 1. The molecule has 4 aliphatic heterocycles. The van der Waals surface area contributed by atoms with E-state index in [0.717, 1.165) is 58.4 Å². The zero-order valence-electron chi connectivity index (χ0n) is 14.3. The summed E-state index contributed by atoms with van der Waals surface area (Å²) in [6.45, 7) is 6.97. The fraction of sp³-hybridized carbons (Fsp3) is 0.941. The molecule has 136 valence electrons. The van der Waals surface area contributed by atoms with E-state index in [4.69, 9.17) is 18.9 Å². The summed E-state index contributed by atoms with van der Waals surface area (Å²) in [5, 5.41) is 0. The first kappa shape index (κ1) is 16.7. The topological polar surface area (TPSA) is 60.5 Å². The molecule has 24 heavy (non-hydrogen) atoms. The quantitative estimate of drug-likeness (QED) is 0.749. The van der Waals surface area contributed by atoms with Gasteiger partial charge in [-0.05, 0) is 0 Å². The Morgan fingerprint density at radius 1 is 0.750 bits per heavy atom. The molecule has 0 unspecified atom stereocenters. The van der Waals surface area contributed by atoms with Crippen LogP contribution in [0.5, 0.6) is 0 Å². The maximum absolute atomic E-state index is 12.5. The van der Waals surface area contributed by atoms with Crippen molar-refractivity contribution in [2.45, 2.75) is 43.7 Å². The highest BCUT2D eigenvalue weighted by Gasteiger charge is 2.41. The van der Waals surface area contributed by atoms with Crippen LogP contribution in [0.3, 0.4) is 0 Å². The molecule has 0 aromatic carbocycles. The van der Waals surface area contributed by atoms with Crippen LogP contribution in [0, 0.1) is 0 Å². The van der Waals surface area contributed by atoms with Gasteiger partial charge in [0.05, 0.1) is 26.4 Å². The second kappa shape index (κ2) is 6.88. The van der Waals surface area contributed by atoms with Gasteiger partial charge >= 0.3 is 0 Å². The molecule has 4 fully saturated rings. The van der Waals surface area contributed by atoms with Crippen molar-refractivity contribution in [1.82, 2.24) is 9.80 Å². The lowest BCUT2D eigenvalue weighted by molar-refractivity contribution is -0.188. The molecule has 0 saturated carbocycles. The molecule has 0 atom stereocenters. The predicted molar refractivity (Wildman–Crippen MR) is 85.4 cm³/mol. The minimum absolute atomic E-state index is 0.247. The predicted octanol–water partition coefficient (Wildman–Crippen LogP) is 0.581. The van der Waals surface area contributed by atoms with Crippen molar-refractivity contribution in [3.63, 3.8) is 0 Å². The number of nitrogens with zero attached hydrogens (tertiary/aromatic N) is 2. The van der Waals surface area contributed by atoms with Gasteiger partial charge in [-0.2, -0.15) is 0 Å². The number of carbonyl (C=O) groups is 1. The molecule has 4 aliphatic rings. The van der Waals surface area contributed by atoms with Crippen molar-refractivity contribution in [3.05, 3.63) is 0 Å². The van der Waals surface area contributed by atoms with Crippen molar-refractivity contribution in [2.24, 2.45) is 0 Å². The number of hydrogen-bond acceptors (Lipinski definition) is 6. The number of piperidine rings is 2. The van der Waals surface area contributed by atoms with E-state index in [1.807, 2.05) is 4.90 Å². The van der Waals surface area contributed by atoms with Gasteiger partial charge in [0.1, 0.15) is 0 Å². The van der Waals surface area contributed by atoms with Gasteiger partial charge in [0.25, 0.3) is 0 Å². The summed E-state index contributed by atoms with van der Waals surface area (Å²) in [7, 11) is 0. The number of ether oxygens (including phenoxy) is 4. The molecular weight excluding hydrogens is 312 g/mol. The third-order valence-corrected chi connectivity index (χ3v) is 5.76. The monoisotopic (exact) mass is 340 g/mol. The summed E-state index contributed by atoms with van der Waals surface area (Å²) in [5.41, 5.74) is 0. The maximum Gasteiger partial charge on any atom is 0.223 e. The van der Waals surface area contributed by atoms with Gasteiger partial charge in [-0.3, -0.25) is 4.79 Å². The van der Waals surface area contributed by atoms with E-state index >= 15 is 0 Å². The molecule has 0 aromatic heterocycles. The highest BCUT2D eigenvalue weighted by Crippen LogP contribution is 2.32. The lowest BCUT2D eigenvalue weighted by Gasteiger charge is -2.39. The Morgan fingerprint density at radius 2 is 1.21 bits per heavy atom. The Kier molecular flexibility index (Phi) is 4.79. The maximum atomic E-state index is 12.5. The third kappa shape index (κ3) is 3.46. The minimum Gasteiger partial charge on any atom is -0.347 e. The van der Waals surface area contributed by atoms with Crippen molar-refractivity contribution >= 4 is 5.91 Å². The largest absolute Gasteiger partial charge is 0.347 e. The molecule has 0 aliphatic carbocycles. The second-order valence-corrected chi connectivity index (χ2v) is 7.19. The second-order valence-electron chi connectivity index (χ2n) is 7.19. The number of hydrogen-bond donors (Lipinski definition) is 0. The van der Waals surface area contributed by atoms with Gasteiger partial charge in [-0.25, -0.2) is 0 Å². The molecule has 0 bridgehead atoms. The Balaban J connectivity index is 1.18. The van der Waals surface area contributed by atoms with E-state index in [1.54, 1.807) is 0 Å². The lowest BCUT2D eigenvalue weighted by Crippen LogP contribution is -2.49. The van der Waals surface area contributed by atoms with Gasteiger partial charge in [-0.15, -0.1) is 0 Å².